The Hall–Kier alpha value is -0.780. The van der Waals surface area contributed by atoms with Crippen LogP contribution in [-0.4, -0.2) is 29.0 Å². The summed E-state index contributed by atoms with van der Waals surface area (Å²) in [6, 6.07) is 5.35. The lowest BCUT2D eigenvalue weighted by Gasteiger charge is -2.25. The van der Waals surface area contributed by atoms with Crippen molar-refractivity contribution in [3.05, 3.63) is 29.0 Å². The molecule has 0 bridgehead atoms. The number of fused-ring (bicyclic) bond motifs is 1. The number of halogens is 2. The van der Waals surface area contributed by atoms with E-state index in [1.54, 1.807) is 26.0 Å². The SMILES string of the molecule is CC(Cl)c1nc2cc(Cl)ccc2n1CC(C)(C)S(C)(=O)=O. The molecule has 1 aromatic carbocycles. The first-order chi connectivity index (χ1) is 9.53. The second-order valence-electron chi connectivity index (χ2n) is 5.84. The van der Waals surface area contributed by atoms with Crippen LogP contribution in [0.15, 0.2) is 18.2 Å². The topological polar surface area (TPSA) is 52.0 Å². The molecule has 0 radical (unpaired) electrons. The number of hydrogen-bond donors (Lipinski definition) is 0. The molecule has 0 saturated carbocycles. The number of rotatable bonds is 4. The zero-order valence-electron chi connectivity index (χ0n) is 12.4. The second kappa shape index (κ2) is 5.45. The van der Waals surface area contributed by atoms with Crippen LogP contribution in [0.2, 0.25) is 5.02 Å². The number of aromatic nitrogens is 2. The number of alkyl halides is 1. The van der Waals surface area contributed by atoms with Gasteiger partial charge in [-0.2, -0.15) is 0 Å². The fraction of sp³-hybridized carbons (Fsp3) is 0.500. The third kappa shape index (κ3) is 3.20. The van der Waals surface area contributed by atoms with Crippen molar-refractivity contribution in [2.24, 2.45) is 0 Å². The van der Waals surface area contributed by atoms with Crippen LogP contribution in [0.4, 0.5) is 0 Å². The molecule has 1 aromatic heterocycles. The van der Waals surface area contributed by atoms with E-state index in [-0.39, 0.29) is 11.9 Å². The third-order valence-electron chi connectivity index (χ3n) is 3.64. The van der Waals surface area contributed by atoms with Crippen molar-refractivity contribution in [1.29, 1.82) is 0 Å². The Morgan fingerprint density at radius 1 is 1.38 bits per heavy atom. The van der Waals surface area contributed by atoms with E-state index in [9.17, 15) is 8.42 Å². The lowest BCUT2D eigenvalue weighted by molar-refractivity contribution is 0.499. The van der Waals surface area contributed by atoms with Crippen molar-refractivity contribution in [3.63, 3.8) is 0 Å². The molecule has 0 fully saturated rings. The lowest BCUT2D eigenvalue weighted by atomic mass is 10.2. The minimum atomic E-state index is -3.22. The number of hydrogen-bond acceptors (Lipinski definition) is 3. The molecule has 0 N–H and O–H groups in total. The Balaban J connectivity index is 2.64. The zero-order chi connectivity index (χ0) is 16.0. The van der Waals surface area contributed by atoms with Gasteiger partial charge in [0.2, 0.25) is 0 Å². The van der Waals surface area contributed by atoms with E-state index < -0.39 is 14.6 Å². The van der Waals surface area contributed by atoms with Gasteiger partial charge in [0.05, 0.1) is 21.2 Å². The summed E-state index contributed by atoms with van der Waals surface area (Å²) in [7, 11) is -3.22. The molecule has 4 nitrogen and oxygen atoms in total. The Kier molecular flexibility index (Phi) is 4.30. The third-order valence-corrected chi connectivity index (χ3v) is 6.21. The molecule has 0 spiro atoms. The molecule has 21 heavy (non-hydrogen) atoms. The first kappa shape index (κ1) is 16.6. The van der Waals surface area contributed by atoms with Gasteiger partial charge in [-0.25, -0.2) is 13.4 Å². The van der Waals surface area contributed by atoms with Crippen molar-refractivity contribution >= 4 is 44.1 Å². The fourth-order valence-corrected chi connectivity index (χ4v) is 2.79. The van der Waals surface area contributed by atoms with Crippen LogP contribution >= 0.6 is 23.2 Å². The lowest BCUT2D eigenvalue weighted by Crippen LogP contribution is -2.36. The van der Waals surface area contributed by atoms with Gasteiger partial charge in [0, 0.05) is 17.8 Å². The highest BCUT2D eigenvalue weighted by Crippen LogP contribution is 2.29. The molecule has 2 aromatic rings. The second-order valence-corrected chi connectivity index (χ2v) is 9.58. The van der Waals surface area contributed by atoms with Crippen molar-refractivity contribution in [2.45, 2.75) is 37.4 Å². The smallest absolute Gasteiger partial charge is 0.154 e. The van der Waals surface area contributed by atoms with E-state index in [1.165, 1.54) is 6.26 Å². The number of sulfone groups is 1. The normalized spacial score (nSPS) is 14.6. The first-order valence-electron chi connectivity index (χ1n) is 6.52. The van der Waals surface area contributed by atoms with Gasteiger partial charge in [-0.15, -0.1) is 11.6 Å². The van der Waals surface area contributed by atoms with Gasteiger partial charge in [-0.3, -0.25) is 0 Å². The largest absolute Gasteiger partial charge is 0.325 e. The average molecular weight is 349 g/mol. The van der Waals surface area contributed by atoms with Crippen LogP contribution in [0.3, 0.4) is 0 Å². The Morgan fingerprint density at radius 2 is 2.00 bits per heavy atom. The zero-order valence-corrected chi connectivity index (χ0v) is 14.7. The Morgan fingerprint density at radius 3 is 2.52 bits per heavy atom. The maximum atomic E-state index is 12.0. The Labute approximate surface area is 135 Å². The predicted molar refractivity (Wildman–Crippen MR) is 87.9 cm³/mol. The van der Waals surface area contributed by atoms with Crippen molar-refractivity contribution in [1.82, 2.24) is 9.55 Å². The summed E-state index contributed by atoms with van der Waals surface area (Å²) >= 11 is 12.2. The summed E-state index contributed by atoms with van der Waals surface area (Å²) < 4.78 is 24.9. The van der Waals surface area contributed by atoms with Gasteiger partial charge in [-0.1, -0.05) is 11.6 Å². The molecule has 0 amide bonds. The van der Waals surface area contributed by atoms with Gasteiger partial charge in [0.1, 0.15) is 5.82 Å². The van der Waals surface area contributed by atoms with E-state index in [1.807, 2.05) is 17.6 Å². The van der Waals surface area contributed by atoms with Crippen molar-refractivity contribution < 1.29 is 8.42 Å². The first-order valence-corrected chi connectivity index (χ1v) is 9.23. The molecule has 0 aliphatic rings. The summed E-state index contributed by atoms with van der Waals surface area (Å²) in [5, 5.41) is 0.259. The van der Waals surface area contributed by atoms with Crippen molar-refractivity contribution in [3.8, 4) is 0 Å². The van der Waals surface area contributed by atoms with Crippen LogP contribution in [0.5, 0.6) is 0 Å². The van der Waals surface area contributed by atoms with E-state index in [0.29, 0.717) is 16.4 Å². The molecule has 0 aliphatic heterocycles. The van der Waals surface area contributed by atoms with E-state index in [2.05, 4.69) is 4.98 Å². The quantitative estimate of drug-likeness (QED) is 0.789. The Bertz CT molecular complexity index is 780. The summed E-state index contributed by atoms with van der Waals surface area (Å²) in [4.78, 5) is 4.49. The average Bonchev–Trinajstić information content (AvgIpc) is 2.65. The van der Waals surface area contributed by atoms with Crippen LogP contribution in [0.1, 0.15) is 32.0 Å². The van der Waals surface area contributed by atoms with E-state index >= 15 is 0 Å². The maximum absolute atomic E-state index is 12.0. The van der Waals surface area contributed by atoms with Gasteiger partial charge < -0.3 is 4.57 Å². The molecule has 1 heterocycles. The van der Waals surface area contributed by atoms with E-state index in [4.69, 9.17) is 23.2 Å². The summed E-state index contributed by atoms with van der Waals surface area (Å²) in [6.45, 7) is 5.50. The van der Waals surface area contributed by atoms with Crippen LogP contribution < -0.4 is 0 Å². The molecule has 0 aliphatic carbocycles. The standard InChI is InChI=1S/C14H18Cl2N2O2S/c1-9(15)13-17-11-7-10(16)5-6-12(11)18(13)8-14(2,3)21(4,19)20/h5-7,9H,8H2,1-4H3. The molecule has 1 atom stereocenters. The molecular weight excluding hydrogens is 331 g/mol. The molecule has 0 saturated heterocycles. The molecule has 2 rings (SSSR count). The molecule has 116 valence electrons. The monoisotopic (exact) mass is 348 g/mol. The predicted octanol–water partition coefficient (Wildman–Crippen LogP) is 3.81. The van der Waals surface area contributed by atoms with E-state index in [0.717, 1.165) is 5.52 Å². The van der Waals surface area contributed by atoms with Gasteiger partial charge >= 0.3 is 0 Å². The van der Waals surface area contributed by atoms with Crippen molar-refractivity contribution in [2.75, 3.05) is 6.26 Å². The van der Waals surface area contributed by atoms with Crippen LogP contribution in [0.25, 0.3) is 11.0 Å². The highest BCUT2D eigenvalue weighted by molar-refractivity contribution is 7.92. The summed E-state index contributed by atoms with van der Waals surface area (Å²) in [5.41, 5.74) is 1.55. The van der Waals surface area contributed by atoms with Gasteiger partial charge in [-0.05, 0) is 39.0 Å². The molecule has 7 heteroatoms. The minimum Gasteiger partial charge on any atom is -0.325 e. The van der Waals surface area contributed by atoms with Crippen LogP contribution in [-0.2, 0) is 16.4 Å². The highest BCUT2D eigenvalue weighted by atomic mass is 35.5. The van der Waals surface area contributed by atoms with Crippen LogP contribution in [0, 0.1) is 0 Å². The summed E-state index contributed by atoms with van der Waals surface area (Å²) in [5.74, 6) is 0.644. The molecule has 1 unspecified atom stereocenters. The number of nitrogens with zero attached hydrogens (tertiary/aromatic N) is 2. The minimum absolute atomic E-state index is 0.288. The number of imidazole rings is 1. The number of benzene rings is 1. The van der Waals surface area contributed by atoms with Gasteiger partial charge in [0.25, 0.3) is 0 Å². The molecular formula is C14H18Cl2N2O2S. The maximum Gasteiger partial charge on any atom is 0.154 e. The highest BCUT2D eigenvalue weighted by Gasteiger charge is 2.32. The van der Waals surface area contributed by atoms with Gasteiger partial charge in [0.15, 0.2) is 9.84 Å². The fourth-order valence-electron chi connectivity index (χ4n) is 2.09. The summed E-state index contributed by atoms with van der Waals surface area (Å²) in [6.07, 6.45) is 1.24.